The third kappa shape index (κ3) is 4.91. The van der Waals surface area contributed by atoms with E-state index < -0.39 is 0 Å². The summed E-state index contributed by atoms with van der Waals surface area (Å²) < 4.78 is 0. The lowest BCUT2D eigenvalue weighted by atomic mass is 9.54. The summed E-state index contributed by atoms with van der Waals surface area (Å²) in [6.07, 6.45) is 9.98. The number of hydrogen-bond acceptors (Lipinski definition) is 5. The first kappa shape index (κ1) is 25.9. The zero-order valence-corrected chi connectivity index (χ0v) is 22.6. The molecule has 1 amide bonds. The number of nitrogens with zero attached hydrogens (tertiary/aromatic N) is 1. The number of phenolic OH excluding ortho intramolecular Hbond substituents is 1. The Morgan fingerprint density at radius 1 is 1.31 bits per heavy atom. The number of aromatic hydroxyl groups is 1. The topological polar surface area (TPSA) is 79.3 Å². The lowest BCUT2D eigenvalue weighted by Crippen LogP contribution is -2.44. The summed E-state index contributed by atoms with van der Waals surface area (Å²) in [4.78, 5) is 27.7. The van der Waals surface area contributed by atoms with Crippen LogP contribution in [0.2, 0.25) is 0 Å². The predicted molar refractivity (Wildman–Crippen MR) is 142 cm³/mol. The third-order valence-corrected chi connectivity index (χ3v) is 9.65. The smallest absolute Gasteiger partial charge is 0.213 e. The second kappa shape index (κ2) is 10.4. The van der Waals surface area contributed by atoms with Gasteiger partial charge in [-0.05, 0) is 91.4 Å². The maximum absolute atomic E-state index is 12.9. The van der Waals surface area contributed by atoms with Crippen molar-refractivity contribution in [1.29, 1.82) is 0 Å². The van der Waals surface area contributed by atoms with Crippen molar-refractivity contribution in [2.45, 2.75) is 91.4 Å². The molecule has 3 aliphatic carbocycles. The van der Waals surface area contributed by atoms with Gasteiger partial charge in [-0.3, -0.25) is 9.59 Å². The standard InChI is InChI=1S/C24H34O2.C5H6N2OS/c1-5-6-16-12-22(26)24(4)10-9-17-18(23(16)24)8-7-15-11-21(25)19(14(2)3)13-20(15)17;1-4-2-6-5(9-4)7-3-8/h11,13-14,16-18,23,25H,5-10,12H2,1-4H3;2-3H,1H3,(H,6,7,8). The van der Waals surface area contributed by atoms with Gasteiger partial charge in [-0.15, -0.1) is 11.3 Å². The van der Waals surface area contributed by atoms with E-state index in [1.54, 1.807) is 6.20 Å². The van der Waals surface area contributed by atoms with Gasteiger partial charge in [-0.2, -0.15) is 0 Å². The molecule has 3 aliphatic rings. The highest BCUT2D eigenvalue weighted by atomic mass is 32.1. The molecule has 0 aliphatic heterocycles. The number of benzene rings is 1. The summed E-state index contributed by atoms with van der Waals surface area (Å²) in [6, 6.07) is 4.35. The number of carbonyl (C=O) groups excluding carboxylic acids is 2. The van der Waals surface area contributed by atoms with Crippen molar-refractivity contribution in [1.82, 2.24) is 4.98 Å². The van der Waals surface area contributed by atoms with Crippen LogP contribution in [0.3, 0.4) is 0 Å². The maximum atomic E-state index is 12.9. The maximum Gasteiger partial charge on any atom is 0.213 e. The molecule has 5 unspecified atom stereocenters. The van der Waals surface area contributed by atoms with Gasteiger partial charge in [-0.25, -0.2) is 4.98 Å². The highest BCUT2D eigenvalue weighted by Gasteiger charge is 2.58. The van der Waals surface area contributed by atoms with E-state index in [1.807, 2.05) is 13.0 Å². The second-order valence-corrected chi connectivity index (χ2v) is 12.5. The van der Waals surface area contributed by atoms with E-state index in [0.29, 0.717) is 52.7 Å². The third-order valence-electron chi connectivity index (χ3n) is 8.80. The number of rotatable bonds is 5. The van der Waals surface area contributed by atoms with Crippen LogP contribution >= 0.6 is 11.3 Å². The van der Waals surface area contributed by atoms with Crippen LogP contribution in [0.15, 0.2) is 18.3 Å². The van der Waals surface area contributed by atoms with Gasteiger partial charge in [0.25, 0.3) is 0 Å². The molecule has 0 bridgehead atoms. The molecule has 1 aromatic heterocycles. The van der Waals surface area contributed by atoms with E-state index >= 15 is 0 Å². The second-order valence-electron chi connectivity index (χ2n) is 11.3. The fourth-order valence-corrected chi connectivity index (χ4v) is 7.88. The average Bonchev–Trinajstić information content (AvgIpc) is 3.33. The van der Waals surface area contributed by atoms with Gasteiger partial charge in [-0.1, -0.05) is 40.2 Å². The van der Waals surface area contributed by atoms with Crippen LogP contribution in [-0.2, 0) is 16.0 Å². The minimum absolute atomic E-state index is 0.0731. The summed E-state index contributed by atoms with van der Waals surface area (Å²) in [5, 5.41) is 13.5. The molecule has 0 spiro atoms. The fraction of sp³-hybridized carbons (Fsp3) is 0.621. The number of amides is 1. The zero-order chi connectivity index (χ0) is 25.3. The van der Waals surface area contributed by atoms with Crippen LogP contribution in [0, 0.1) is 30.1 Å². The lowest BCUT2D eigenvalue weighted by molar-refractivity contribution is -0.129. The predicted octanol–water partition coefficient (Wildman–Crippen LogP) is 6.99. The number of phenols is 1. The number of aromatic nitrogens is 1. The van der Waals surface area contributed by atoms with Gasteiger partial charge >= 0.3 is 0 Å². The molecule has 5 atom stereocenters. The summed E-state index contributed by atoms with van der Waals surface area (Å²) in [5.74, 6) is 3.74. The number of hydrogen-bond donors (Lipinski definition) is 2. The van der Waals surface area contributed by atoms with Crippen LogP contribution in [0.5, 0.6) is 5.75 Å². The Balaban J connectivity index is 0.000000271. The van der Waals surface area contributed by atoms with E-state index in [9.17, 15) is 14.7 Å². The number of nitrogens with one attached hydrogen (secondary N) is 1. The molecule has 35 heavy (non-hydrogen) atoms. The Morgan fingerprint density at radius 2 is 2.09 bits per heavy atom. The fourth-order valence-electron chi connectivity index (χ4n) is 7.26. The van der Waals surface area contributed by atoms with Gasteiger partial charge in [0.05, 0.1) is 0 Å². The van der Waals surface area contributed by atoms with Crippen LogP contribution in [0.4, 0.5) is 5.13 Å². The van der Waals surface area contributed by atoms with Crippen molar-refractivity contribution in [2.75, 3.05) is 5.32 Å². The number of thiazole rings is 1. The first-order chi connectivity index (χ1) is 16.7. The average molecular weight is 497 g/mol. The number of anilines is 1. The van der Waals surface area contributed by atoms with E-state index in [-0.39, 0.29) is 5.41 Å². The molecule has 5 rings (SSSR count). The van der Waals surface area contributed by atoms with Crippen LogP contribution < -0.4 is 5.32 Å². The molecule has 1 heterocycles. The monoisotopic (exact) mass is 496 g/mol. The van der Waals surface area contributed by atoms with Crippen molar-refractivity contribution in [3.8, 4) is 5.75 Å². The molecule has 2 fully saturated rings. The molecule has 0 radical (unpaired) electrons. The molecule has 6 heteroatoms. The molecule has 5 nitrogen and oxygen atoms in total. The first-order valence-corrected chi connectivity index (χ1v) is 14.0. The van der Waals surface area contributed by atoms with Crippen LogP contribution in [0.25, 0.3) is 0 Å². The van der Waals surface area contributed by atoms with E-state index in [4.69, 9.17) is 0 Å². The zero-order valence-electron chi connectivity index (χ0n) is 21.8. The number of ketones is 1. The van der Waals surface area contributed by atoms with Crippen molar-refractivity contribution >= 4 is 28.7 Å². The molecule has 2 saturated carbocycles. The Morgan fingerprint density at radius 3 is 2.71 bits per heavy atom. The SMILES string of the molecule is CCCC1CC(=O)C2(C)CCC3c4cc(C(C)C)c(O)cc4CCC3C12.Cc1cnc(NC=O)s1. The number of carbonyl (C=O) groups is 2. The van der Waals surface area contributed by atoms with Crippen LogP contribution in [-0.4, -0.2) is 22.3 Å². The van der Waals surface area contributed by atoms with Crippen molar-refractivity contribution in [3.63, 3.8) is 0 Å². The van der Waals surface area contributed by atoms with E-state index in [1.165, 1.54) is 41.7 Å². The van der Waals surface area contributed by atoms with Gasteiger partial charge < -0.3 is 10.4 Å². The Hall–Kier alpha value is -2.21. The highest BCUT2D eigenvalue weighted by Crippen LogP contribution is 2.62. The Bertz CT molecular complexity index is 1080. The number of fused-ring (bicyclic) bond motifs is 5. The van der Waals surface area contributed by atoms with Crippen molar-refractivity contribution < 1.29 is 14.7 Å². The van der Waals surface area contributed by atoms with Gasteiger partial charge in [0.2, 0.25) is 6.41 Å². The summed E-state index contributed by atoms with van der Waals surface area (Å²) >= 11 is 1.46. The van der Waals surface area contributed by atoms with Crippen molar-refractivity contribution in [2.24, 2.45) is 23.2 Å². The van der Waals surface area contributed by atoms with Gasteiger partial charge in [0.1, 0.15) is 11.5 Å². The minimum Gasteiger partial charge on any atom is -0.508 e. The largest absolute Gasteiger partial charge is 0.508 e. The highest BCUT2D eigenvalue weighted by molar-refractivity contribution is 7.15. The number of Topliss-reactive ketones (excluding diaryl/α,β-unsaturated/α-hetero) is 1. The first-order valence-electron chi connectivity index (χ1n) is 13.2. The molecule has 1 aromatic carbocycles. The molecule has 190 valence electrons. The minimum atomic E-state index is -0.0731. The number of aryl methyl sites for hydroxylation is 2. The normalized spacial score (nSPS) is 29.0. The quantitative estimate of drug-likeness (QED) is 0.437. The molecule has 2 aromatic rings. The van der Waals surface area contributed by atoms with Gasteiger partial charge in [0.15, 0.2) is 5.13 Å². The van der Waals surface area contributed by atoms with E-state index in [2.05, 4.69) is 44.1 Å². The van der Waals surface area contributed by atoms with Crippen LogP contribution in [0.1, 0.15) is 99.6 Å². The van der Waals surface area contributed by atoms with Gasteiger partial charge in [0, 0.05) is 22.9 Å². The lowest BCUT2D eigenvalue weighted by Gasteiger charge is -2.50. The Labute approximate surface area is 213 Å². The van der Waals surface area contributed by atoms with Crippen molar-refractivity contribution in [3.05, 3.63) is 39.9 Å². The molecule has 0 saturated heterocycles. The summed E-state index contributed by atoms with van der Waals surface area (Å²) in [6.45, 7) is 10.8. The van der Waals surface area contributed by atoms with E-state index in [0.717, 1.165) is 36.1 Å². The molecular weight excluding hydrogens is 456 g/mol. The summed E-state index contributed by atoms with van der Waals surface area (Å²) in [5.41, 5.74) is 3.86. The Kier molecular flexibility index (Phi) is 7.70. The summed E-state index contributed by atoms with van der Waals surface area (Å²) in [7, 11) is 0. The molecular formula is C29H40N2O3S. The molecule has 2 N–H and O–H groups in total.